The molecule has 0 aliphatic heterocycles. The normalized spacial score (nSPS) is 10.3. The summed E-state index contributed by atoms with van der Waals surface area (Å²) in [4.78, 5) is 15.1. The molecule has 0 aliphatic rings. The van der Waals surface area contributed by atoms with Crippen LogP contribution in [0, 0.1) is 12.7 Å². The standard InChI is InChI=1S/C12H10FNO3S/c1-7-14-8(6-18-7)5-17-10-4-2-3-9(13)11(10)12(15)16/h2-4,6H,5H2,1H3,(H,15,16). The van der Waals surface area contributed by atoms with E-state index >= 15 is 0 Å². The number of benzene rings is 1. The van der Waals surface area contributed by atoms with Crippen molar-refractivity contribution in [1.82, 2.24) is 4.98 Å². The summed E-state index contributed by atoms with van der Waals surface area (Å²) in [6, 6.07) is 3.92. The zero-order valence-electron chi connectivity index (χ0n) is 9.51. The van der Waals surface area contributed by atoms with Crippen LogP contribution in [0.15, 0.2) is 23.6 Å². The number of aromatic carboxylic acids is 1. The Morgan fingerprint density at radius 3 is 2.94 bits per heavy atom. The number of carboxylic acid groups (broad SMARTS) is 1. The molecule has 1 heterocycles. The molecule has 0 fully saturated rings. The van der Waals surface area contributed by atoms with E-state index in [2.05, 4.69) is 4.98 Å². The van der Waals surface area contributed by atoms with Gasteiger partial charge in [-0.25, -0.2) is 14.2 Å². The Morgan fingerprint density at radius 2 is 2.33 bits per heavy atom. The van der Waals surface area contributed by atoms with Gasteiger partial charge in [-0.2, -0.15) is 0 Å². The molecule has 18 heavy (non-hydrogen) atoms. The molecule has 0 amide bonds. The number of ether oxygens (including phenoxy) is 1. The molecule has 94 valence electrons. The van der Waals surface area contributed by atoms with Gasteiger partial charge in [0.25, 0.3) is 0 Å². The number of carbonyl (C=O) groups is 1. The van der Waals surface area contributed by atoms with Gasteiger partial charge in [0.1, 0.15) is 23.7 Å². The Hall–Kier alpha value is -1.95. The third-order valence-electron chi connectivity index (χ3n) is 2.23. The lowest BCUT2D eigenvalue weighted by molar-refractivity contribution is 0.0686. The van der Waals surface area contributed by atoms with E-state index in [0.29, 0.717) is 5.69 Å². The molecular formula is C12H10FNO3S. The summed E-state index contributed by atoms with van der Waals surface area (Å²) in [6.45, 7) is 1.98. The van der Waals surface area contributed by atoms with E-state index in [9.17, 15) is 9.18 Å². The van der Waals surface area contributed by atoms with Gasteiger partial charge in [-0.15, -0.1) is 11.3 Å². The van der Waals surface area contributed by atoms with Crippen molar-refractivity contribution in [3.8, 4) is 5.75 Å². The average Bonchev–Trinajstić information content (AvgIpc) is 2.72. The van der Waals surface area contributed by atoms with Crippen molar-refractivity contribution in [1.29, 1.82) is 0 Å². The van der Waals surface area contributed by atoms with Crippen LogP contribution in [0.4, 0.5) is 4.39 Å². The van der Waals surface area contributed by atoms with E-state index in [-0.39, 0.29) is 12.4 Å². The SMILES string of the molecule is Cc1nc(COc2cccc(F)c2C(=O)O)cs1. The molecule has 0 radical (unpaired) electrons. The van der Waals surface area contributed by atoms with Gasteiger partial charge in [0.2, 0.25) is 0 Å². The maximum absolute atomic E-state index is 13.4. The lowest BCUT2D eigenvalue weighted by Crippen LogP contribution is -2.06. The van der Waals surface area contributed by atoms with Crippen LogP contribution in [0.2, 0.25) is 0 Å². The number of carboxylic acids is 1. The Labute approximate surface area is 107 Å². The van der Waals surface area contributed by atoms with Crippen LogP contribution in [0.5, 0.6) is 5.75 Å². The zero-order valence-corrected chi connectivity index (χ0v) is 10.3. The molecule has 2 aromatic rings. The van der Waals surface area contributed by atoms with E-state index in [1.54, 1.807) is 0 Å². The van der Waals surface area contributed by atoms with Crippen LogP contribution < -0.4 is 4.74 Å². The summed E-state index contributed by atoms with van der Waals surface area (Å²) in [5.74, 6) is -2.15. The topological polar surface area (TPSA) is 59.4 Å². The molecule has 0 aliphatic carbocycles. The van der Waals surface area contributed by atoms with Gasteiger partial charge in [-0.05, 0) is 19.1 Å². The summed E-state index contributed by atoms with van der Waals surface area (Å²) in [7, 11) is 0. The summed E-state index contributed by atoms with van der Waals surface area (Å²) < 4.78 is 18.7. The lowest BCUT2D eigenvalue weighted by Gasteiger charge is -2.08. The zero-order chi connectivity index (χ0) is 13.1. The lowest BCUT2D eigenvalue weighted by atomic mass is 10.2. The number of rotatable bonds is 4. The predicted molar refractivity (Wildman–Crippen MR) is 64.5 cm³/mol. The number of thiazole rings is 1. The van der Waals surface area contributed by atoms with Crippen molar-refractivity contribution in [3.63, 3.8) is 0 Å². The van der Waals surface area contributed by atoms with Crippen LogP contribution in [-0.4, -0.2) is 16.1 Å². The first-order valence-corrected chi connectivity index (χ1v) is 6.01. The number of hydrogen-bond donors (Lipinski definition) is 1. The summed E-state index contributed by atoms with van der Waals surface area (Å²) >= 11 is 1.47. The van der Waals surface area contributed by atoms with Gasteiger partial charge in [-0.3, -0.25) is 0 Å². The smallest absolute Gasteiger partial charge is 0.342 e. The highest BCUT2D eigenvalue weighted by Crippen LogP contribution is 2.22. The largest absolute Gasteiger partial charge is 0.486 e. The molecule has 4 nitrogen and oxygen atoms in total. The number of halogens is 1. The van der Waals surface area contributed by atoms with Crippen LogP contribution in [0.25, 0.3) is 0 Å². The van der Waals surface area contributed by atoms with Gasteiger partial charge >= 0.3 is 5.97 Å². The molecule has 0 spiro atoms. The Kier molecular flexibility index (Phi) is 3.57. The highest BCUT2D eigenvalue weighted by molar-refractivity contribution is 7.09. The highest BCUT2D eigenvalue weighted by atomic mass is 32.1. The van der Waals surface area contributed by atoms with Gasteiger partial charge < -0.3 is 9.84 Å². The molecule has 0 saturated carbocycles. The minimum Gasteiger partial charge on any atom is -0.486 e. The first-order chi connectivity index (χ1) is 8.58. The van der Waals surface area contributed by atoms with Crippen LogP contribution in [0.3, 0.4) is 0 Å². The maximum atomic E-state index is 13.4. The van der Waals surface area contributed by atoms with Crippen molar-refractivity contribution < 1.29 is 19.0 Å². The molecule has 1 aromatic carbocycles. The second-order valence-corrected chi connectivity index (χ2v) is 4.63. The summed E-state index contributed by atoms with van der Waals surface area (Å²) in [5, 5.41) is 11.6. The van der Waals surface area contributed by atoms with Gasteiger partial charge in [0.05, 0.1) is 10.7 Å². The Morgan fingerprint density at radius 1 is 1.56 bits per heavy atom. The summed E-state index contributed by atoms with van der Waals surface area (Å²) in [6.07, 6.45) is 0. The van der Waals surface area contributed by atoms with Crippen LogP contribution >= 0.6 is 11.3 Å². The molecule has 0 atom stereocenters. The fraction of sp³-hybridized carbons (Fsp3) is 0.167. The highest BCUT2D eigenvalue weighted by Gasteiger charge is 2.17. The first-order valence-electron chi connectivity index (χ1n) is 5.13. The van der Waals surface area contributed by atoms with E-state index in [1.807, 2.05) is 12.3 Å². The quantitative estimate of drug-likeness (QED) is 0.925. The molecule has 0 saturated heterocycles. The second-order valence-electron chi connectivity index (χ2n) is 3.56. The third-order valence-corrected chi connectivity index (χ3v) is 3.05. The van der Waals surface area contributed by atoms with Crippen molar-refractivity contribution in [2.45, 2.75) is 13.5 Å². The monoisotopic (exact) mass is 267 g/mol. The molecule has 1 aromatic heterocycles. The van der Waals surface area contributed by atoms with Crippen LogP contribution in [0.1, 0.15) is 21.1 Å². The second kappa shape index (κ2) is 5.14. The molecule has 0 bridgehead atoms. The van der Waals surface area contributed by atoms with Crippen LogP contribution in [-0.2, 0) is 6.61 Å². The number of hydrogen-bond acceptors (Lipinski definition) is 4. The van der Waals surface area contributed by atoms with Gasteiger partial charge in [0.15, 0.2) is 0 Å². The van der Waals surface area contributed by atoms with Crippen molar-refractivity contribution in [2.75, 3.05) is 0 Å². The average molecular weight is 267 g/mol. The van der Waals surface area contributed by atoms with Crippen molar-refractivity contribution >= 4 is 17.3 Å². The molecule has 2 rings (SSSR count). The molecular weight excluding hydrogens is 257 g/mol. The van der Waals surface area contributed by atoms with E-state index < -0.39 is 17.3 Å². The molecule has 6 heteroatoms. The Balaban J connectivity index is 2.19. The van der Waals surface area contributed by atoms with E-state index in [4.69, 9.17) is 9.84 Å². The van der Waals surface area contributed by atoms with Gasteiger partial charge in [0, 0.05) is 5.38 Å². The minimum atomic E-state index is -1.35. The van der Waals surface area contributed by atoms with E-state index in [1.165, 1.54) is 23.5 Å². The number of aromatic nitrogens is 1. The summed E-state index contributed by atoms with van der Waals surface area (Å²) in [5.41, 5.74) is 0.238. The number of aryl methyl sites for hydroxylation is 1. The molecule has 0 unspecified atom stereocenters. The predicted octanol–water partition coefficient (Wildman–Crippen LogP) is 2.87. The minimum absolute atomic E-state index is 0.00755. The Bertz CT molecular complexity index is 582. The number of nitrogens with zero attached hydrogens (tertiary/aromatic N) is 1. The third kappa shape index (κ3) is 2.65. The van der Waals surface area contributed by atoms with Crippen molar-refractivity contribution in [3.05, 3.63) is 45.7 Å². The fourth-order valence-corrected chi connectivity index (χ4v) is 2.06. The van der Waals surface area contributed by atoms with Gasteiger partial charge in [-0.1, -0.05) is 6.07 Å². The fourth-order valence-electron chi connectivity index (χ4n) is 1.46. The first kappa shape index (κ1) is 12.5. The van der Waals surface area contributed by atoms with Crippen molar-refractivity contribution in [2.24, 2.45) is 0 Å². The van der Waals surface area contributed by atoms with E-state index in [0.717, 1.165) is 11.1 Å². The maximum Gasteiger partial charge on any atom is 0.342 e. The molecule has 1 N–H and O–H groups in total.